The fraction of sp³-hybridized carbons (Fsp3) is 1.00. The van der Waals surface area contributed by atoms with Crippen LogP contribution in [-0.4, -0.2) is 24.3 Å². The van der Waals surface area contributed by atoms with Gasteiger partial charge in [-0.15, -0.1) is 0 Å². The van der Waals surface area contributed by atoms with E-state index >= 15 is 0 Å². The number of aliphatic hydroxyl groups excluding tert-OH is 1. The smallest absolute Gasteiger partial charge is 0.0707 e. The van der Waals surface area contributed by atoms with Crippen molar-refractivity contribution in [3.05, 3.63) is 0 Å². The maximum atomic E-state index is 8.94. The van der Waals surface area contributed by atoms with Gasteiger partial charge in [0.2, 0.25) is 0 Å². The number of rotatable bonds is 2. The summed E-state index contributed by atoms with van der Waals surface area (Å²) in [6.45, 7) is 0. The summed E-state index contributed by atoms with van der Waals surface area (Å²) >= 11 is 0. The molecule has 0 aliphatic heterocycles. The van der Waals surface area contributed by atoms with Gasteiger partial charge in [0.05, 0.1) is 6.10 Å². The normalized spacial score (nSPS) is 36.8. The van der Waals surface area contributed by atoms with Crippen LogP contribution in [0.2, 0.25) is 0 Å². The SMILES string of the molecule is CNNC1CCC1O. The van der Waals surface area contributed by atoms with Gasteiger partial charge in [0.1, 0.15) is 0 Å². The van der Waals surface area contributed by atoms with Gasteiger partial charge < -0.3 is 5.11 Å². The number of hydrogen-bond acceptors (Lipinski definition) is 3. The third kappa shape index (κ3) is 0.992. The van der Waals surface area contributed by atoms with E-state index in [1.807, 2.05) is 7.05 Å². The molecular weight excluding hydrogens is 104 g/mol. The van der Waals surface area contributed by atoms with E-state index in [2.05, 4.69) is 10.9 Å². The molecule has 0 aromatic rings. The first-order valence-corrected chi connectivity index (χ1v) is 2.95. The summed E-state index contributed by atoms with van der Waals surface area (Å²) in [5.74, 6) is 0. The summed E-state index contributed by atoms with van der Waals surface area (Å²) < 4.78 is 0. The predicted octanol–water partition coefficient (Wildman–Crippen LogP) is -0.766. The summed E-state index contributed by atoms with van der Waals surface area (Å²) in [6, 6.07) is 0.292. The highest BCUT2D eigenvalue weighted by Gasteiger charge is 2.27. The van der Waals surface area contributed by atoms with Gasteiger partial charge in [-0.05, 0) is 19.9 Å². The van der Waals surface area contributed by atoms with Crippen LogP contribution in [0.15, 0.2) is 0 Å². The van der Waals surface area contributed by atoms with Crippen LogP contribution in [0.25, 0.3) is 0 Å². The number of hydrogen-bond donors (Lipinski definition) is 3. The van der Waals surface area contributed by atoms with Crippen LogP contribution in [0.5, 0.6) is 0 Å². The van der Waals surface area contributed by atoms with Gasteiger partial charge in [-0.3, -0.25) is 10.9 Å². The van der Waals surface area contributed by atoms with Crippen LogP contribution in [-0.2, 0) is 0 Å². The van der Waals surface area contributed by atoms with Crippen LogP contribution >= 0.6 is 0 Å². The van der Waals surface area contributed by atoms with Gasteiger partial charge in [-0.1, -0.05) is 0 Å². The van der Waals surface area contributed by atoms with Gasteiger partial charge in [0, 0.05) is 6.04 Å². The topological polar surface area (TPSA) is 44.3 Å². The van der Waals surface area contributed by atoms with Crippen molar-refractivity contribution in [1.82, 2.24) is 10.9 Å². The lowest BCUT2D eigenvalue weighted by molar-refractivity contribution is 0.0442. The van der Waals surface area contributed by atoms with Crippen molar-refractivity contribution >= 4 is 0 Å². The number of aliphatic hydroxyl groups is 1. The Morgan fingerprint density at radius 2 is 2.25 bits per heavy atom. The molecule has 0 bridgehead atoms. The van der Waals surface area contributed by atoms with E-state index in [-0.39, 0.29) is 6.10 Å². The molecule has 1 aliphatic rings. The van der Waals surface area contributed by atoms with Crippen molar-refractivity contribution in [3.63, 3.8) is 0 Å². The van der Waals surface area contributed by atoms with Crippen molar-refractivity contribution in [2.75, 3.05) is 7.05 Å². The number of nitrogens with one attached hydrogen (secondary N) is 2. The molecule has 3 heteroatoms. The molecule has 2 unspecified atom stereocenters. The average Bonchev–Trinajstić information content (AvgIpc) is 1.79. The molecule has 0 spiro atoms. The van der Waals surface area contributed by atoms with E-state index in [0.717, 1.165) is 12.8 Å². The minimum absolute atomic E-state index is 0.123. The Morgan fingerprint density at radius 1 is 1.50 bits per heavy atom. The van der Waals surface area contributed by atoms with E-state index in [4.69, 9.17) is 5.11 Å². The fourth-order valence-corrected chi connectivity index (χ4v) is 0.836. The largest absolute Gasteiger partial charge is 0.391 e. The maximum absolute atomic E-state index is 8.94. The highest BCUT2D eigenvalue weighted by molar-refractivity contribution is 4.84. The minimum atomic E-state index is -0.123. The van der Waals surface area contributed by atoms with Crippen molar-refractivity contribution in [2.45, 2.75) is 25.0 Å². The quantitative estimate of drug-likeness (QED) is 0.415. The molecule has 0 aromatic heterocycles. The van der Waals surface area contributed by atoms with Crippen LogP contribution in [0.1, 0.15) is 12.8 Å². The molecule has 0 saturated heterocycles. The zero-order valence-corrected chi connectivity index (χ0v) is 5.02. The molecule has 0 radical (unpaired) electrons. The molecule has 1 rings (SSSR count). The van der Waals surface area contributed by atoms with Crippen LogP contribution < -0.4 is 10.9 Å². The highest BCUT2D eigenvalue weighted by atomic mass is 16.3. The van der Waals surface area contributed by atoms with E-state index in [1.165, 1.54) is 0 Å². The summed E-state index contributed by atoms with van der Waals surface area (Å²) in [6.07, 6.45) is 1.91. The molecule has 0 heterocycles. The van der Waals surface area contributed by atoms with E-state index in [1.54, 1.807) is 0 Å². The third-order valence-electron chi connectivity index (χ3n) is 1.57. The predicted molar refractivity (Wildman–Crippen MR) is 31.2 cm³/mol. The van der Waals surface area contributed by atoms with E-state index < -0.39 is 0 Å². The van der Waals surface area contributed by atoms with Gasteiger partial charge >= 0.3 is 0 Å². The first-order chi connectivity index (χ1) is 3.84. The highest BCUT2D eigenvalue weighted by Crippen LogP contribution is 2.18. The monoisotopic (exact) mass is 116 g/mol. The van der Waals surface area contributed by atoms with Crippen LogP contribution in [0.3, 0.4) is 0 Å². The lowest BCUT2D eigenvalue weighted by atomic mass is 9.90. The molecule has 3 N–H and O–H groups in total. The third-order valence-corrected chi connectivity index (χ3v) is 1.57. The Morgan fingerprint density at radius 3 is 2.38 bits per heavy atom. The standard InChI is InChI=1S/C5H12N2O/c1-6-7-4-2-3-5(4)8/h4-8H,2-3H2,1H3. The van der Waals surface area contributed by atoms with Crippen molar-refractivity contribution in [1.29, 1.82) is 0 Å². The lowest BCUT2D eigenvalue weighted by Gasteiger charge is -2.32. The second-order valence-electron chi connectivity index (χ2n) is 2.15. The Labute approximate surface area is 49.1 Å². The average molecular weight is 116 g/mol. The Hall–Kier alpha value is -0.120. The van der Waals surface area contributed by atoms with Crippen LogP contribution in [0.4, 0.5) is 0 Å². The molecule has 48 valence electrons. The molecule has 0 amide bonds. The minimum Gasteiger partial charge on any atom is -0.391 e. The summed E-state index contributed by atoms with van der Waals surface area (Å²) in [5.41, 5.74) is 5.72. The molecule has 8 heavy (non-hydrogen) atoms. The zero-order valence-electron chi connectivity index (χ0n) is 5.02. The van der Waals surface area contributed by atoms with Crippen molar-refractivity contribution < 1.29 is 5.11 Å². The van der Waals surface area contributed by atoms with Crippen LogP contribution in [0, 0.1) is 0 Å². The van der Waals surface area contributed by atoms with Gasteiger partial charge in [-0.25, -0.2) is 0 Å². The second-order valence-corrected chi connectivity index (χ2v) is 2.15. The Kier molecular flexibility index (Phi) is 1.83. The molecule has 1 saturated carbocycles. The molecule has 1 aliphatic carbocycles. The van der Waals surface area contributed by atoms with E-state index in [9.17, 15) is 0 Å². The summed E-state index contributed by atoms with van der Waals surface area (Å²) in [7, 11) is 1.81. The van der Waals surface area contributed by atoms with Crippen molar-refractivity contribution in [3.8, 4) is 0 Å². The van der Waals surface area contributed by atoms with Crippen molar-refractivity contribution in [2.24, 2.45) is 0 Å². The molecule has 3 nitrogen and oxygen atoms in total. The van der Waals surface area contributed by atoms with Gasteiger partial charge in [-0.2, -0.15) is 0 Å². The maximum Gasteiger partial charge on any atom is 0.0707 e. The van der Waals surface area contributed by atoms with E-state index in [0.29, 0.717) is 6.04 Å². The second kappa shape index (κ2) is 2.44. The first-order valence-electron chi connectivity index (χ1n) is 2.95. The molecule has 1 fully saturated rings. The summed E-state index contributed by atoms with van der Waals surface area (Å²) in [4.78, 5) is 0. The molecule has 0 aromatic carbocycles. The number of hydrazine groups is 1. The lowest BCUT2D eigenvalue weighted by Crippen LogP contribution is -2.52. The Bertz CT molecular complexity index is 76.8. The zero-order chi connectivity index (χ0) is 5.98. The van der Waals surface area contributed by atoms with Gasteiger partial charge in [0.25, 0.3) is 0 Å². The first kappa shape index (κ1) is 6.01. The molecule has 2 atom stereocenters. The fourth-order valence-electron chi connectivity index (χ4n) is 0.836. The van der Waals surface area contributed by atoms with Gasteiger partial charge in [0.15, 0.2) is 0 Å². The summed E-state index contributed by atoms with van der Waals surface area (Å²) in [5, 5.41) is 8.94. The Balaban J connectivity index is 2.08. The molecular formula is C5H12N2O.